The van der Waals surface area contributed by atoms with Gasteiger partial charge in [-0.05, 0) is 48.7 Å². The van der Waals surface area contributed by atoms with Crippen LogP contribution in [0, 0.1) is 0 Å². The first kappa shape index (κ1) is 23.4. The summed E-state index contributed by atoms with van der Waals surface area (Å²) >= 11 is 1.34. The van der Waals surface area contributed by atoms with E-state index in [1.807, 2.05) is 49.4 Å². The van der Waals surface area contributed by atoms with Crippen molar-refractivity contribution in [1.29, 1.82) is 0 Å². The predicted molar refractivity (Wildman–Crippen MR) is 130 cm³/mol. The molecule has 0 aliphatic heterocycles. The number of carbonyl (C=O) groups excluding carboxylic acids is 2. The predicted octanol–water partition coefficient (Wildman–Crippen LogP) is 5.48. The van der Waals surface area contributed by atoms with Crippen LogP contribution in [-0.4, -0.2) is 24.7 Å². The summed E-state index contributed by atoms with van der Waals surface area (Å²) in [6.45, 7) is 4.09. The summed E-state index contributed by atoms with van der Waals surface area (Å²) in [6.07, 6.45) is 0.983. The number of amides is 2. The van der Waals surface area contributed by atoms with E-state index in [1.165, 1.54) is 17.3 Å². The first-order valence-corrected chi connectivity index (χ1v) is 11.5. The second kappa shape index (κ2) is 11.4. The van der Waals surface area contributed by atoms with E-state index in [4.69, 9.17) is 4.74 Å². The van der Waals surface area contributed by atoms with E-state index in [9.17, 15) is 9.59 Å². The molecule has 0 heterocycles. The summed E-state index contributed by atoms with van der Waals surface area (Å²) in [5, 5.41) is 5.92. The Hall–Kier alpha value is -3.25. The molecule has 0 spiro atoms. The third kappa shape index (κ3) is 6.37. The third-order valence-corrected chi connectivity index (χ3v) is 6.15. The van der Waals surface area contributed by atoms with Gasteiger partial charge >= 0.3 is 0 Å². The quantitative estimate of drug-likeness (QED) is 0.426. The SMILES string of the molecule is CCc1ccc(C(C)NC(=O)c2ccccc2SCC(=O)Nc2cccc(OC)c2)cc1. The van der Waals surface area contributed by atoms with Crippen LogP contribution in [-0.2, 0) is 11.2 Å². The number of carbonyl (C=O) groups is 2. The van der Waals surface area contributed by atoms with Crippen LogP contribution in [0.4, 0.5) is 5.69 Å². The lowest BCUT2D eigenvalue weighted by molar-refractivity contribution is -0.113. The van der Waals surface area contributed by atoms with Crippen molar-refractivity contribution in [2.75, 3.05) is 18.2 Å². The van der Waals surface area contributed by atoms with Gasteiger partial charge in [0.2, 0.25) is 5.91 Å². The second-order valence-electron chi connectivity index (χ2n) is 7.36. The average molecular weight is 449 g/mol. The van der Waals surface area contributed by atoms with Gasteiger partial charge < -0.3 is 15.4 Å². The van der Waals surface area contributed by atoms with Gasteiger partial charge in [-0.2, -0.15) is 0 Å². The van der Waals surface area contributed by atoms with E-state index in [2.05, 4.69) is 29.7 Å². The zero-order valence-electron chi connectivity index (χ0n) is 18.6. The van der Waals surface area contributed by atoms with E-state index in [-0.39, 0.29) is 23.6 Å². The van der Waals surface area contributed by atoms with E-state index in [1.54, 1.807) is 25.3 Å². The molecule has 0 bridgehead atoms. The summed E-state index contributed by atoms with van der Waals surface area (Å²) in [6, 6.07) is 22.7. The fraction of sp³-hybridized carbons (Fsp3) is 0.231. The Kier molecular flexibility index (Phi) is 8.34. The van der Waals surface area contributed by atoms with Crippen molar-refractivity contribution < 1.29 is 14.3 Å². The van der Waals surface area contributed by atoms with Gasteiger partial charge in [0.25, 0.3) is 5.91 Å². The normalized spacial score (nSPS) is 11.5. The van der Waals surface area contributed by atoms with Gasteiger partial charge in [-0.15, -0.1) is 11.8 Å². The van der Waals surface area contributed by atoms with E-state index < -0.39 is 0 Å². The summed E-state index contributed by atoms with van der Waals surface area (Å²) < 4.78 is 5.18. The highest BCUT2D eigenvalue weighted by Crippen LogP contribution is 2.24. The molecule has 0 aliphatic carbocycles. The number of rotatable bonds is 9. The zero-order chi connectivity index (χ0) is 22.9. The minimum atomic E-state index is -0.159. The van der Waals surface area contributed by atoms with Gasteiger partial charge in [-0.25, -0.2) is 0 Å². The molecule has 0 aliphatic rings. The maximum atomic E-state index is 12.9. The number of ether oxygens (including phenoxy) is 1. The number of thioether (sulfide) groups is 1. The molecule has 3 aromatic rings. The van der Waals surface area contributed by atoms with Gasteiger partial charge in [-0.3, -0.25) is 9.59 Å². The molecular formula is C26H28N2O3S. The van der Waals surface area contributed by atoms with Crippen molar-refractivity contribution in [1.82, 2.24) is 5.32 Å². The minimum absolute atomic E-state index is 0.122. The molecule has 1 atom stereocenters. The van der Waals surface area contributed by atoms with Crippen molar-refractivity contribution in [2.24, 2.45) is 0 Å². The second-order valence-corrected chi connectivity index (χ2v) is 8.37. The lowest BCUT2D eigenvalue weighted by Gasteiger charge is -2.16. The summed E-state index contributed by atoms with van der Waals surface area (Å²) in [7, 11) is 1.58. The highest BCUT2D eigenvalue weighted by Gasteiger charge is 2.16. The summed E-state index contributed by atoms with van der Waals surface area (Å²) in [5.41, 5.74) is 3.55. The fourth-order valence-electron chi connectivity index (χ4n) is 3.22. The molecular weight excluding hydrogens is 420 g/mol. The standard InChI is InChI=1S/C26H28N2O3S/c1-4-19-12-14-20(15-13-19)18(2)27-26(30)23-10-5-6-11-24(23)32-17-25(29)28-21-8-7-9-22(16-21)31-3/h5-16,18H,4,17H2,1-3H3,(H,27,30)(H,28,29). The number of methoxy groups -OCH3 is 1. The molecule has 0 fully saturated rings. The van der Waals surface area contributed by atoms with Gasteiger partial charge in [0.1, 0.15) is 5.75 Å². The topological polar surface area (TPSA) is 67.4 Å². The van der Waals surface area contributed by atoms with Crippen LogP contribution >= 0.6 is 11.8 Å². The largest absolute Gasteiger partial charge is 0.497 e. The number of benzene rings is 3. The van der Waals surface area contributed by atoms with Crippen molar-refractivity contribution in [3.8, 4) is 5.75 Å². The number of hydrogen-bond donors (Lipinski definition) is 2. The van der Waals surface area contributed by atoms with Crippen LogP contribution in [0.1, 0.15) is 41.4 Å². The Morgan fingerprint density at radius 1 is 1.00 bits per heavy atom. The number of anilines is 1. The van der Waals surface area contributed by atoms with Crippen molar-refractivity contribution in [3.63, 3.8) is 0 Å². The minimum Gasteiger partial charge on any atom is -0.497 e. The van der Waals surface area contributed by atoms with Crippen LogP contribution in [0.25, 0.3) is 0 Å². The first-order valence-electron chi connectivity index (χ1n) is 10.6. The van der Waals surface area contributed by atoms with Crippen LogP contribution in [0.5, 0.6) is 5.75 Å². The van der Waals surface area contributed by atoms with Crippen LogP contribution in [0.15, 0.2) is 77.7 Å². The van der Waals surface area contributed by atoms with Crippen molar-refractivity contribution >= 4 is 29.3 Å². The van der Waals surface area contributed by atoms with Gasteiger partial charge in [0.15, 0.2) is 0 Å². The van der Waals surface area contributed by atoms with Crippen LogP contribution in [0.3, 0.4) is 0 Å². The third-order valence-electron chi connectivity index (χ3n) is 5.08. The molecule has 2 amide bonds. The van der Waals surface area contributed by atoms with Gasteiger partial charge in [-0.1, -0.05) is 49.4 Å². The maximum Gasteiger partial charge on any atom is 0.252 e. The van der Waals surface area contributed by atoms with Crippen molar-refractivity contribution in [2.45, 2.75) is 31.2 Å². The van der Waals surface area contributed by atoms with E-state index in [0.717, 1.165) is 16.9 Å². The molecule has 0 radical (unpaired) electrons. The summed E-state index contributed by atoms with van der Waals surface area (Å²) in [5.74, 6) is 0.558. The van der Waals surface area contributed by atoms with Gasteiger partial charge in [0, 0.05) is 16.6 Å². The van der Waals surface area contributed by atoms with E-state index in [0.29, 0.717) is 17.0 Å². The molecule has 32 heavy (non-hydrogen) atoms. The average Bonchev–Trinajstić information content (AvgIpc) is 2.83. The van der Waals surface area contributed by atoms with Crippen LogP contribution < -0.4 is 15.4 Å². The molecule has 0 saturated heterocycles. The first-order chi connectivity index (χ1) is 15.5. The highest BCUT2D eigenvalue weighted by atomic mass is 32.2. The molecule has 1 unspecified atom stereocenters. The maximum absolute atomic E-state index is 12.9. The molecule has 6 heteroatoms. The Balaban J connectivity index is 1.61. The van der Waals surface area contributed by atoms with E-state index >= 15 is 0 Å². The molecule has 0 aromatic heterocycles. The smallest absolute Gasteiger partial charge is 0.252 e. The molecule has 2 N–H and O–H groups in total. The molecule has 0 saturated carbocycles. The molecule has 5 nitrogen and oxygen atoms in total. The van der Waals surface area contributed by atoms with Crippen LogP contribution in [0.2, 0.25) is 0 Å². The van der Waals surface area contributed by atoms with Gasteiger partial charge in [0.05, 0.1) is 24.5 Å². The molecule has 3 aromatic carbocycles. The van der Waals surface area contributed by atoms with Crippen molar-refractivity contribution in [3.05, 3.63) is 89.5 Å². The lowest BCUT2D eigenvalue weighted by Crippen LogP contribution is -2.27. The number of hydrogen-bond acceptors (Lipinski definition) is 4. The Labute approximate surface area is 193 Å². The Bertz CT molecular complexity index is 1070. The number of aryl methyl sites for hydroxylation is 1. The number of nitrogens with one attached hydrogen (secondary N) is 2. The lowest BCUT2D eigenvalue weighted by atomic mass is 10.0. The fourth-order valence-corrected chi connectivity index (χ4v) is 4.07. The Morgan fingerprint density at radius 3 is 2.47 bits per heavy atom. The molecule has 3 rings (SSSR count). The highest BCUT2D eigenvalue weighted by molar-refractivity contribution is 8.00. The summed E-state index contributed by atoms with van der Waals surface area (Å²) in [4.78, 5) is 26.1. The Morgan fingerprint density at radius 2 is 1.75 bits per heavy atom. The monoisotopic (exact) mass is 448 g/mol. The zero-order valence-corrected chi connectivity index (χ0v) is 19.4. The molecule has 166 valence electrons.